The Morgan fingerprint density at radius 1 is 0.450 bits per heavy atom. The molecule has 0 nitrogen and oxygen atoms in total. The van der Waals surface area contributed by atoms with Crippen LogP contribution in [0.5, 0.6) is 0 Å². The van der Waals surface area contributed by atoms with E-state index in [9.17, 15) is 0 Å². The van der Waals surface area contributed by atoms with E-state index in [1.165, 1.54) is 33.0 Å². The van der Waals surface area contributed by atoms with Crippen LogP contribution < -0.4 is 0 Å². The molecule has 3 aromatic carbocycles. The number of rotatable bonds is 0. The van der Waals surface area contributed by atoms with Crippen LogP contribution in [-0.4, -0.2) is 0 Å². The van der Waals surface area contributed by atoms with Crippen LogP contribution in [0.2, 0.25) is 0 Å². The van der Waals surface area contributed by atoms with E-state index >= 15 is 0 Å². The van der Waals surface area contributed by atoms with Gasteiger partial charge in [-0.25, -0.2) is 0 Å². The van der Waals surface area contributed by atoms with Gasteiger partial charge in [0, 0.05) is 0 Å². The molecule has 0 aromatic heterocycles. The topological polar surface area (TPSA) is 0 Å². The minimum atomic E-state index is 1.33. The molecule has 0 aliphatic carbocycles. The highest BCUT2D eigenvalue weighted by atomic mass is 14.0. The Kier molecular flexibility index (Phi) is 4.57. The normalized spacial score (nSPS) is 10.0. The number of benzene rings is 3. The van der Waals surface area contributed by atoms with Gasteiger partial charge in [0.25, 0.3) is 0 Å². The van der Waals surface area contributed by atoms with Gasteiger partial charge in [-0.1, -0.05) is 71.8 Å². The SMILES string of the molecule is Cc1ccc(C)c2ccccc12.Cc1ccc(C)cc1. The summed E-state index contributed by atoms with van der Waals surface area (Å²) >= 11 is 0. The summed E-state index contributed by atoms with van der Waals surface area (Å²) < 4.78 is 0. The predicted molar refractivity (Wildman–Crippen MR) is 89.3 cm³/mol. The van der Waals surface area contributed by atoms with Gasteiger partial charge in [0.2, 0.25) is 0 Å². The summed E-state index contributed by atoms with van der Waals surface area (Å²) in [6, 6.07) is 21.4. The molecule has 3 aromatic rings. The lowest BCUT2D eigenvalue weighted by Crippen LogP contribution is -1.80. The largest absolute Gasteiger partial charge is 0.0616 e. The molecule has 102 valence electrons. The van der Waals surface area contributed by atoms with E-state index in [-0.39, 0.29) is 0 Å². The van der Waals surface area contributed by atoms with E-state index in [0.717, 1.165) is 0 Å². The fraction of sp³-hybridized carbons (Fsp3) is 0.200. The van der Waals surface area contributed by atoms with Crippen molar-refractivity contribution in [3.8, 4) is 0 Å². The Morgan fingerprint density at radius 2 is 0.800 bits per heavy atom. The van der Waals surface area contributed by atoms with Crippen LogP contribution in [0.1, 0.15) is 22.3 Å². The van der Waals surface area contributed by atoms with Gasteiger partial charge in [0.05, 0.1) is 0 Å². The average molecular weight is 262 g/mol. The Bertz CT molecular complexity index is 629. The predicted octanol–water partition coefficient (Wildman–Crippen LogP) is 5.76. The molecule has 0 saturated heterocycles. The highest BCUT2D eigenvalue weighted by molar-refractivity contribution is 5.88. The molecule has 0 saturated carbocycles. The van der Waals surface area contributed by atoms with Crippen LogP contribution in [0.25, 0.3) is 10.8 Å². The summed E-state index contributed by atoms with van der Waals surface area (Å²) in [4.78, 5) is 0. The molecule has 0 aliphatic rings. The number of aryl methyl sites for hydroxylation is 4. The zero-order valence-electron chi connectivity index (χ0n) is 12.8. The van der Waals surface area contributed by atoms with E-state index in [4.69, 9.17) is 0 Å². The summed E-state index contributed by atoms with van der Waals surface area (Å²) in [6.45, 7) is 8.50. The smallest absolute Gasteiger partial charge is 0.0152 e. The van der Waals surface area contributed by atoms with Crippen LogP contribution in [0.15, 0.2) is 60.7 Å². The van der Waals surface area contributed by atoms with Crippen molar-refractivity contribution in [1.82, 2.24) is 0 Å². The van der Waals surface area contributed by atoms with Crippen LogP contribution in [0, 0.1) is 27.7 Å². The van der Waals surface area contributed by atoms with Gasteiger partial charge < -0.3 is 0 Å². The molecule has 0 fully saturated rings. The fourth-order valence-corrected chi connectivity index (χ4v) is 2.24. The Hall–Kier alpha value is -2.08. The molecule has 0 amide bonds. The molecule has 0 heteroatoms. The maximum absolute atomic E-state index is 2.18. The molecule has 20 heavy (non-hydrogen) atoms. The van der Waals surface area contributed by atoms with Crippen LogP contribution >= 0.6 is 0 Å². The molecule has 0 spiro atoms. The summed E-state index contributed by atoms with van der Waals surface area (Å²) in [5.74, 6) is 0. The third-order valence-electron chi connectivity index (χ3n) is 3.58. The number of hydrogen-bond acceptors (Lipinski definition) is 0. The lowest BCUT2D eigenvalue weighted by molar-refractivity contribution is 1.40. The van der Waals surface area contributed by atoms with E-state index in [0.29, 0.717) is 0 Å². The summed E-state index contributed by atoms with van der Waals surface area (Å²) in [6.07, 6.45) is 0. The minimum Gasteiger partial charge on any atom is -0.0616 e. The first kappa shape index (κ1) is 14.3. The molecule has 0 unspecified atom stereocenters. The molecule has 0 atom stereocenters. The van der Waals surface area contributed by atoms with Crippen molar-refractivity contribution >= 4 is 10.8 Å². The van der Waals surface area contributed by atoms with E-state index in [1.807, 2.05) is 0 Å². The second-order valence-corrected chi connectivity index (χ2v) is 5.40. The first-order valence-corrected chi connectivity index (χ1v) is 7.06. The minimum absolute atomic E-state index is 1.33. The van der Waals surface area contributed by atoms with Gasteiger partial charge in [-0.15, -0.1) is 0 Å². The molecular formula is C20H22. The van der Waals surface area contributed by atoms with Gasteiger partial charge in [-0.3, -0.25) is 0 Å². The van der Waals surface area contributed by atoms with Crippen molar-refractivity contribution in [2.45, 2.75) is 27.7 Å². The first-order chi connectivity index (χ1) is 9.58. The van der Waals surface area contributed by atoms with Crippen molar-refractivity contribution in [3.63, 3.8) is 0 Å². The third-order valence-corrected chi connectivity index (χ3v) is 3.58. The molecule has 0 radical (unpaired) electrons. The van der Waals surface area contributed by atoms with Crippen molar-refractivity contribution in [2.75, 3.05) is 0 Å². The Morgan fingerprint density at radius 3 is 1.15 bits per heavy atom. The van der Waals surface area contributed by atoms with E-state index in [2.05, 4.69) is 88.4 Å². The summed E-state index contributed by atoms with van der Waals surface area (Å²) in [5.41, 5.74) is 5.37. The van der Waals surface area contributed by atoms with Gasteiger partial charge in [-0.2, -0.15) is 0 Å². The van der Waals surface area contributed by atoms with Crippen molar-refractivity contribution < 1.29 is 0 Å². The van der Waals surface area contributed by atoms with Crippen molar-refractivity contribution in [3.05, 3.63) is 82.9 Å². The third kappa shape index (κ3) is 3.48. The maximum Gasteiger partial charge on any atom is -0.0152 e. The molecule has 0 aliphatic heterocycles. The highest BCUT2D eigenvalue weighted by Crippen LogP contribution is 2.20. The van der Waals surface area contributed by atoms with Crippen LogP contribution in [0.3, 0.4) is 0 Å². The van der Waals surface area contributed by atoms with Gasteiger partial charge in [0.15, 0.2) is 0 Å². The fourth-order valence-electron chi connectivity index (χ4n) is 2.24. The summed E-state index contributed by atoms with van der Waals surface area (Å²) in [7, 11) is 0. The second-order valence-electron chi connectivity index (χ2n) is 5.40. The number of hydrogen-bond donors (Lipinski definition) is 0. The highest BCUT2D eigenvalue weighted by Gasteiger charge is 1.97. The zero-order chi connectivity index (χ0) is 14.5. The van der Waals surface area contributed by atoms with Gasteiger partial charge >= 0.3 is 0 Å². The summed E-state index contributed by atoms with van der Waals surface area (Å²) in [5, 5.41) is 2.75. The van der Waals surface area contributed by atoms with Gasteiger partial charge in [-0.05, 0) is 49.6 Å². The number of fused-ring (bicyclic) bond motifs is 1. The van der Waals surface area contributed by atoms with Crippen molar-refractivity contribution in [2.24, 2.45) is 0 Å². The standard InChI is InChI=1S/C12H12.C8H10/c1-9-7-8-10(2)12-6-4-3-5-11(9)12;1-7-3-5-8(2)6-4-7/h3-8H,1-2H3;3-6H,1-2H3. The lowest BCUT2D eigenvalue weighted by atomic mass is 10.0. The molecule has 0 bridgehead atoms. The molecule has 0 heterocycles. The Balaban J connectivity index is 0.000000160. The van der Waals surface area contributed by atoms with Gasteiger partial charge in [0.1, 0.15) is 0 Å². The van der Waals surface area contributed by atoms with E-state index in [1.54, 1.807) is 0 Å². The maximum atomic E-state index is 2.18. The van der Waals surface area contributed by atoms with Crippen LogP contribution in [0.4, 0.5) is 0 Å². The quantitative estimate of drug-likeness (QED) is 0.483. The second kappa shape index (κ2) is 6.38. The molecule has 3 rings (SSSR count). The van der Waals surface area contributed by atoms with Crippen molar-refractivity contribution in [1.29, 1.82) is 0 Å². The lowest BCUT2D eigenvalue weighted by Gasteiger charge is -2.03. The molecule has 0 N–H and O–H groups in total. The zero-order valence-corrected chi connectivity index (χ0v) is 12.8. The van der Waals surface area contributed by atoms with Crippen LogP contribution in [-0.2, 0) is 0 Å². The monoisotopic (exact) mass is 262 g/mol. The van der Waals surface area contributed by atoms with E-state index < -0.39 is 0 Å². The molecular weight excluding hydrogens is 240 g/mol. The first-order valence-electron chi connectivity index (χ1n) is 7.06. The Labute approximate surface area is 122 Å². The average Bonchev–Trinajstić information content (AvgIpc) is 2.47.